The van der Waals surface area contributed by atoms with Crippen LogP contribution in [0.2, 0.25) is 0 Å². The Balaban J connectivity index is 1.10. The van der Waals surface area contributed by atoms with E-state index >= 15 is 0 Å². The molecule has 3 nitrogen and oxygen atoms in total. The molecule has 0 N–H and O–H groups in total. The van der Waals surface area contributed by atoms with Gasteiger partial charge in [-0.05, 0) is 94.4 Å². The molecule has 2 heterocycles. The number of rotatable bonds is 6. The topological polar surface area (TPSA) is 21.3 Å². The third kappa shape index (κ3) is 5.20. The van der Waals surface area contributed by atoms with Crippen molar-refractivity contribution in [1.82, 2.24) is 4.57 Å². The third-order valence-corrected chi connectivity index (χ3v) is 10.9. The van der Waals surface area contributed by atoms with Crippen molar-refractivity contribution in [2.24, 2.45) is 0 Å². The molecular formula is C52H34N2O. The average Bonchev–Trinajstić information content (AvgIpc) is 3.80. The van der Waals surface area contributed by atoms with Crippen molar-refractivity contribution in [2.45, 2.75) is 0 Å². The molecule has 258 valence electrons. The Hall–Kier alpha value is -7.36. The van der Waals surface area contributed by atoms with Crippen LogP contribution >= 0.6 is 0 Å². The minimum absolute atomic E-state index is 0.867. The molecule has 0 radical (unpaired) electrons. The summed E-state index contributed by atoms with van der Waals surface area (Å²) in [5.41, 5.74) is 13.2. The Bertz CT molecular complexity index is 3210. The molecule has 11 rings (SSSR count). The van der Waals surface area contributed by atoms with E-state index in [9.17, 15) is 0 Å². The summed E-state index contributed by atoms with van der Waals surface area (Å²) in [6.45, 7) is 0. The zero-order valence-electron chi connectivity index (χ0n) is 29.9. The molecule has 0 spiro atoms. The van der Waals surface area contributed by atoms with Crippen LogP contribution in [-0.2, 0) is 0 Å². The molecular weight excluding hydrogens is 669 g/mol. The second-order valence-corrected chi connectivity index (χ2v) is 14.2. The first-order valence-corrected chi connectivity index (χ1v) is 18.8. The molecule has 0 fully saturated rings. The van der Waals surface area contributed by atoms with Crippen LogP contribution in [0.5, 0.6) is 0 Å². The molecule has 0 bridgehead atoms. The van der Waals surface area contributed by atoms with Crippen molar-refractivity contribution in [2.75, 3.05) is 4.90 Å². The van der Waals surface area contributed by atoms with Crippen molar-refractivity contribution in [3.63, 3.8) is 0 Å². The Kier molecular flexibility index (Phi) is 7.17. The SMILES string of the molecule is c1ccc(-c2cccc(N(c3cccc(-c4ccc5ccc6c7ccccc7n(-c7ccccc7)c6c5c4)c3)c3ccc4c(c3)oc3ccccc34)c2)cc1. The van der Waals surface area contributed by atoms with Gasteiger partial charge in [0.1, 0.15) is 11.2 Å². The van der Waals surface area contributed by atoms with Crippen LogP contribution in [0, 0.1) is 0 Å². The maximum atomic E-state index is 6.41. The van der Waals surface area contributed by atoms with Gasteiger partial charge < -0.3 is 13.9 Å². The second-order valence-electron chi connectivity index (χ2n) is 14.2. The van der Waals surface area contributed by atoms with E-state index < -0.39 is 0 Å². The largest absolute Gasteiger partial charge is 0.456 e. The van der Waals surface area contributed by atoms with Crippen LogP contribution in [-0.4, -0.2) is 4.57 Å². The van der Waals surface area contributed by atoms with Gasteiger partial charge in [0.2, 0.25) is 0 Å². The fourth-order valence-corrected chi connectivity index (χ4v) is 8.38. The Morgan fingerprint density at radius 1 is 0.345 bits per heavy atom. The van der Waals surface area contributed by atoms with E-state index in [-0.39, 0.29) is 0 Å². The van der Waals surface area contributed by atoms with E-state index in [2.05, 4.69) is 204 Å². The minimum Gasteiger partial charge on any atom is -0.456 e. The van der Waals surface area contributed by atoms with E-state index in [4.69, 9.17) is 4.42 Å². The van der Waals surface area contributed by atoms with E-state index in [1.165, 1.54) is 38.1 Å². The lowest BCUT2D eigenvalue weighted by atomic mass is 9.98. The standard InChI is InChI=1S/C52H34N2O/c1-3-13-35(14-4-1)37-15-11-19-41(31-37)53(43-28-30-46-45-22-8-10-24-50(45)55-51(46)34-43)42-20-12-16-38(32-42)39-26-25-36-27-29-47-44-21-7-9-23-49(44)54(52(47)48(36)33-39)40-17-5-2-6-18-40/h1-34H. The number of nitrogens with zero attached hydrogens (tertiary/aromatic N) is 2. The number of para-hydroxylation sites is 3. The molecule has 0 aliphatic rings. The van der Waals surface area contributed by atoms with E-state index in [0.717, 1.165) is 61.4 Å². The quantitative estimate of drug-likeness (QED) is 0.172. The smallest absolute Gasteiger partial charge is 0.137 e. The maximum absolute atomic E-state index is 6.41. The van der Waals surface area contributed by atoms with Crippen LogP contribution < -0.4 is 4.90 Å². The van der Waals surface area contributed by atoms with Gasteiger partial charge >= 0.3 is 0 Å². The molecule has 3 heteroatoms. The van der Waals surface area contributed by atoms with Crippen molar-refractivity contribution >= 4 is 71.6 Å². The van der Waals surface area contributed by atoms with Crippen molar-refractivity contribution < 1.29 is 4.42 Å². The first kappa shape index (κ1) is 31.2. The normalized spacial score (nSPS) is 11.6. The number of hydrogen-bond acceptors (Lipinski definition) is 2. The summed E-state index contributed by atoms with van der Waals surface area (Å²) in [6.07, 6.45) is 0. The van der Waals surface area contributed by atoms with Gasteiger partial charge in [-0.1, -0.05) is 133 Å². The molecule has 0 amide bonds. The number of fused-ring (bicyclic) bond motifs is 8. The van der Waals surface area contributed by atoms with Gasteiger partial charge in [0, 0.05) is 55.7 Å². The predicted octanol–water partition coefficient (Wildman–Crippen LogP) is 14.6. The van der Waals surface area contributed by atoms with Crippen molar-refractivity contribution in [1.29, 1.82) is 0 Å². The summed E-state index contributed by atoms with van der Waals surface area (Å²) in [6, 6.07) is 74.0. The number of anilines is 3. The monoisotopic (exact) mass is 702 g/mol. The van der Waals surface area contributed by atoms with Crippen LogP contribution in [0.3, 0.4) is 0 Å². The van der Waals surface area contributed by atoms with Gasteiger partial charge in [-0.25, -0.2) is 0 Å². The molecule has 0 saturated heterocycles. The summed E-state index contributed by atoms with van der Waals surface area (Å²) in [4.78, 5) is 2.34. The fraction of sp³-hybridized carbons (Fsp3) is 0. The Morgan fingerprint density at radius 2 is 0.927 bits per heavy atom. The van der Waals surface area contributed by atoms with Crippen LogP contribution in [0.4, 0.5) is 17.1 Å². The lowest BCUT2D eigenvalue weighted by Crippen LogP contribution is -2.10. The van der Waals surface area contributed by atoms with Crippen molar-refractivity contribution in [3.8, 4) is 27.9 Å². The molecule has 0 aliphatic carbocycles. The van der Waals surface area contributed by atoms with E-state index in [1.54, 1.807) is 0 Å². The van der Waals surface area contributed by atoms with Gasteiger partial charge in [-0.15, -0.1) is 0 Å². The van der Waals surface area contributed by atoms with Gasteiger partial charge in [0.05, 0.1) is 11.0 Å². The molecule has 11 aromatic rings. The van der Waals surface area contributed by atoms with Crippen LogP contribution in [0.15, 0.2) is 211 Å². The summed E-state index contributed by atoms with van der Waals surface area (Å²) >= 11 is 0. The lowest BCUT2D eigenvalue weighted by Gasteiger charge is -2.26. The molecule has 9 aromatic carbocycles. The van der Waals surface area contributed by atoms with Gasteiger partial charge in [-0.2, -0.15) is 0 Å². The molecule has 0 atom stereocenters. The lowest BCUT2D eigenvalue weighted by molar-refractivity contribution is 0.669. The first-order chi connectivity index (χ1) is 27.3. The highest BCUT2D eigenvalue weighted by Crippen LogP contribution is 2.42. The van der Waals surface area contributed by atoms with Gasteiger partial charge in [0.15, 0.2) is 0 Å². The fourth-order valence-electron chi connectivity index (χ4n) is 8.38. The number of aromatic nitrogens is 1. The van der Waals surface area contributed by atoms with Gasteiger partial charge in [-0.3, -0.25) is 0 Å². The van der Waals surface area contributed by atoms with Crippen LogP contribution in [0.1, 0.15) is 0 Å². The predicted molar refractivity (Wildman–Crippen MR) is 231 cm³/mol. The van der Waals surface area contributed by atoms with Crippen LogP contribution in [0.25, 0.3) is 82.5 Å². The summed E-state index contributed by atoms with van der Waals surface area (Å²) in [5.74, 6) is 0. The van der Waals surface area contributed by atoms with E-state index in [1.807, 2.05) is 12.1 Å². The van der Waals surface area contributed by atoms with Gasteiger partial charge in [0.25, 0.3) is 0 Å². The Morgan fingerprint density at radius 3 is 1.73 bits per heavy atom. The highest BCUT2D eigenvalue weighted by Gasteiger charge is 2.19. The number of furan rings is 1. The minimum atomic E-state index is 0.867. The molecule has 0 aliphatic heterocycles. The molecule has 0 unspecified atom stereocenters. The molecule has 0 saturated carbocycles. The molecule has 55 heavy (non-hydrogen) atoms. The third-order valence-electron chi connectivity index (χ3n) is 10.9. The number of hydrogen-bond donors (Lipinski definition) is 0. The zero-order valence-corrected chi connectivity index (χ0v) is 29.9. The van der Waals surface area contributed by atoms with E-state index in [0.29, 0.717) is 0 Å². The highest BCUT2D eigenvalue weighted by molar-refractivity contribution is 6.19. The van der Waals surface area contributed by atoms with Crippen molar-refractivity contribution in [3.05, 3.63) is 206 Å². The second kappa shape index (κ2) is 12.6. The molecule has 2 aromatic heterocycles. The summed E-state index contributed by atoms with van der Waals surface area (Å²) in [5, 5.41) is 7.18. The number of benzene rings is 9. The zero-order chi connectivity index (χ0) is 36.3. The maximum Gasteiger partial charge on any atom is 0.137 e. The summed E-state index contributed by atoms with van der Waals surface area (Å²) in [7, 11) is 0. The average molecular weight is 703 g/mol. The Labute approximate surface area is 318 Å². The highest BCUT2D eigenvalue weighted by atomic mass is 16.3. The first-order valence-electron chi connectivity index (χ1n) is 18.8. The summed E-state index contributed by atoms with van der Waals surface area (Å²) < 4.78 is 8.83.